The molecule has 0 radical (unpaired) electrons. The molecular formula is C19H25ClN2O3. The van der Waals surface area contributed by atoms with Gasteiger partial charge in [-0.1, -0.05) is 23.7 Å². The van der Waals surface area contributed by atoms with E-state index in [0.29, 0.717) is 49.6 Å². The Labute approximate surface area is 153 Å². The number of aliphatic hydroxyl groups excluding tert-OH is 1. The van der Waals surface area contributed by atoms with Gasteiger partial charge in [0, 0.05) is 32.1 Å². The Morgan fingerprint density at radius 3 is 2.32 bits per heavy atom. The Kier molecular flexibility index (Phi) is 5.97. The number of amides is 2. The fraction of sp³-hybridized carbons (Fsp3) is 0.579. The van der Waals surface area contributed by atoms with Crippen molar-refractivity contribution in [3.63, 3.8) is 0 Å². The second-order valence-electron chi connectivity index (χ2n) is 6.96. The number of hydrogen-bond donors (Lipinski definition) is 1. The molecule has 136 valence electrons. The van der Waals surface area contributed by atoms with Gasteiger partial charge in [0.05, 0.1) is 16.7 Å². The Balaban J connectivity index is 1.59. The van der Waals surface area contributed by atoms with Crippen LogP contribution in [0.2, 0.25) is 5.02 Å². The lowest BCUT2D eigenvalue weighted by Gasteiger charge is -2.30. The van der Waals surface area contributed by atoms with Crippen LogP contribution in [0.4, 0.5) is 0 Å². The minimum atomic E-state index is -0.253. The maximum atomic E-state index is 12.7. The average Bonchev–Trinajstić information content (AvgIpc) is 2.88. The summed E-state index contributed by atoms with van der Waals surface area (Å²) in [7, 11) is 0. The zero-order valence-corrected chi connectivity index (χ0v) is 15.1. The van der Waals surface area contributed by atoms with Crippen molar-refractivity contribution in [2.45, 2.75) is 38.2 Å². The highest BCUT2D eigenvalue weighted by Crippen LogP contribution is 2.26. The second kappa shape index (κ2) is 8.19. The van der Waals surface area contributed by atoms with Crippen LogP contribution in [0.3, 0.4) is 0 Å². The number of carbonyl (C=O) groups is 2. The highest BCUT2D eigenvalue weighted by Gasteiger charge is 2.30. The molecular weight excluding hydrogens is 340 g/mol. The predicted octanol–water partition coefficient (Wildman–Crippen LogP) is 2.57. The first-order valence-electron chi connectivity index (χ1n) is 9.07. The van der Waals surface area contributed by atoms with Gasteiger partial charge in [-0.05, 0) is 44.2 Å². The molecule has 1 N–H and O–H groups in total. The third kappa shape index (κ3) is 4.33. The van der Waals surface area contributed by atoms with Crippen LogP contribution in [0.25, 0.3) is 0 Å². The standard InChI is InChI=1S/C19H25ClN2O3/c20-17-5-2-1-4-16(17)19(25)22-11-3-10-21(12-13-22)18(24)14-6-8-15(23)9-7-14/h1-2,4-5,14-15,23H,3,6-13H2. The third-order valence-electron chi connectivity index (χ3n) is 5.24. The van der Waals surface area contributed by atoms with Crippen LogP contribution in [0.1, 0.15) is 42.5 Å². The van der Waals surface area contributed by atoms with Crippen molar-refractivity contribution in [2.24, 2.45) is 5.92 Å². The van der Waals surface area contributed by atoms with Crippen LogP contribution in [0.5, 0.6) is 0 Å². The van der Waals surface area contributed by atoms with Gasteiger partial charge in [0.2, 0.25) is 5.91 Å². The maximum Gasteiger partial charge on any atom is 0.255 e. The number of hydrogen-bond acceptors (Lipinski definition) is 3. The topological polar surface area (TPSA) is 60.9 Å². The summed E-state index contributed by atoms with van der Waals surface area (Å²) in [6.07, 6.45) is 3.47. The SMILES string of the molecule is O=C(c1ccccc1Cl)N1CCCN(C(=O)C2CCC(O)CC2)CC1. The van der Waals surface area contributed by atoms with Crippen LogP contribution in [0, 0.1) is 5.92 Å². The molecule has 1 aromatic carbocycles. The van der Waals surface area contributed by atoms with Crippen molar-refractivity contribution in [1.82, 2.24) is 9.80 Å². The van der Waals surface area contributed by atoms with Gasteiger partial charge < -0.3 is 14.9 Å². The van der Waals surface area contributed by atoms with E-state index in [1.807, 2.05) is 17.0 Å². The molecule has 0 aromatic heterocycles. The molecule has 1 aromatic rings. The molecule has 0 unspecified atom stereocenters. The lowest BCUT2D eigenvalue weighted by Crippen LogP contribution is -2.41. The number of benzene rings is 1. The van der Waals surface area contributed by atoms with Crippen LogP contribution < -0.4 is 0 Å². The highest BCUT2D eigenvalue weighted by atomic mass is 35.5. The molecule has 0 bridgehead atoms. The van der Waals surface area contributed by atoms with E-state index in [9.17, 15) is 14.7 Å². The largest absolute Gasteiger partial charge is 0.393 e. The van der Waals surface area contributed by atoms with Gasteiger partial charge in [-0.25, -0.2) is 0 Å². The summed E-state index contributed by atoms with van der Waals surface area (Å²) >= 11 is 6.14. The summed E-state index contributed by atoms with van der Waals surface area (Å²) < 4.78 is 0. The van der Waals surface area contributed by atoms with E-state index in [1.165, 1.54) is 0 Å². The smallest absolute Gasteiger partial charge is 0.255 e. The Bertz CT molecular complexity index is 629. The first kappa shape index (κ1) is 18.2. The van der Waals surface area contributed by atoms with Crippen LogP contribution >= 0.6 is 11.6 Å². The molecule has 1 aliphatic carbocycles. The van der Waals surface area contributed by atoms with E-state index in [4.69, 9.17) is 11.6 Å². The molecule has 2 amide bonds. The Morgan fingerprint density at radius 1 is 0.960 bits per heavy atom. The Morgan fingerprint density at radius 2 is 1.60 bits per heavy atom. The number of carbonyl (C=O) groups excluding carboxylic acids is 2. The van der Waals surface area contributed by atoms with Crippen LogP contribution in [-0.4, -0.2) is 59.0 Å². The minimum Gasteiger partial charge on any atom is -0.393 e. The first-order valence-corrected chi connectivity index (χ1v) is 9.44. The summed E-state index contributed by atoms with van der Waals surface area (Å²) in [6, 6.07) is 7.08. The van der Waals surface area contributed by atoms with E-state index < -0.39 is 0 Å². The molecule has 3 rings (SSSR count). The van der Waals surface area contributed by atoms with Crippen molar-refractivity contribution >= 4 is 23.4 Å². The van der Waals surface area contributed by atoms with E-state index in [1.54, 1.807) is 17.0 Å². The van der Waals surface area contributed by atoms with Crippen molar-refractivity contribution in [1.29, 1.82) is 0 Å². The maximum absolute atomic E-state index is 12.7. The fourth-order valence-electron chi connectivity index (χ4n) is 3.73. The van der Waals surface area contributed by atoms with Crippen LogP contribution in [-0.2, 0) is 4.79 Å². The minimum absolute atomic E-state index is 0.0224. The summed E-state index contributed by atoms with van der Waals surface area (Å²) in [5.74, 6) is 0.133. The fourth-order valence-corrected chi connectivity index (χ4v) is 3.94. The number of nitrogens with zero attached hydrogens (tertiary/aromatic N) is 2. The van der Waals surface area contributed by atoms with Gasteiger partial charge in [-0.3, -0.25) is 9.59 Å². The predicted molar refractivity (Wildman–Crippen MR) is 96.5 cm³/mol. The molecule has 0 atom stereocenters. The average molecular weight is 365 g/mol. The molecule has 6 heteroatoms. The summed E-state index contributed by atoms with van der Waals surface area (Å²) in [4.78, 5) is 29.1. The molecule has 1 heterocycles. The van der Waals surface area contributed by atoms with Gasteiger partial charge in [0.25, 0.3) is 5.91 Å². The van der Waals surface area contributed by atoms with Crippen LogP contribution in [0.15, 0.2) is 24.3 Å². The number of halogens is 1. The van der Waals surface area contributed by atoms with Crippen molar-refractivity contribution in [2.75, 3.05) is 26.2 Å². The molecule has 2 fully saturated rings. The summed E-state index contributed by atoms with van der Waals surface area (Å²) in [5.41, 5.74) is 0.519. The molecule has 25 heavy (non-hydrogen) atoms. The monoisotopic (exact) mass is 364 g/mol. The first-order chi connectivity index (χ1) is 12.1. The van der Waals surface area contributed by atoms with Crippen molar-refractivity contribution in [3.8, 4) is 0 Å². The lowest BCUT2D eigenvalue weighted by molar-refractivity contribution is -0.137. The molecule has 1 saturated carbocycles. The van der Waals surface area contributed by atoms with Gasteiger partial charge in [-0.15, -0.1) is 0 Å². The second-order valence-corrected chi connectivity index (χ2v) is 7.36. The normalized spacial score (nSPS) is 24.7. The number of aliphatic hydroxyl groups is 1. The van der Waals surface area contributed by atoms with Gasteiger partial charge >= 0.3 is 0 Å². The summed E-state index contributed by atoms with van der Waals surface area (Å²) in [6.45, 7) is 2.42. The van der Waals surface area contributed by atoms with Crippen molar-refractivity contribution < 1.29 is 14.7 Å². The van der Waals surface area contributed by atoms with E-state index in [0.717, 1.165) is 19.3 Å². The zero-order chi connectivity index (χ0) is 17.8. The molecule has 0 spiro atoms. The summed E-state index contributed by atoms with van der Waals surface area (Å²) in [5, 5.41) is 10.1. The van der Waals surface area contributed by atoms with E-state index in [-0.39, 0.29) is 23.8 Å². The molecule has 1 aliphatic heterocycles. The lowest BCUT2D eigenvalue weighted by atomic mass is 9.86. The van der Waals surface area contributed by atoms with Gasteiger partial charge in [0.1, 0.15) is 0 Å². The zero-order valence-electron chi connectivity index (χ0n) is 14.4. The molecule has 5 nitrogen and oxygen atoms in total. The Hall–Kier alpha value is -1.59. The quantitative estimate of drug-likeness (QED) is 0.877. The third-order valence-corrected chi connectivity index (χ3v) is 5.57. The van der Waals surface area contributed by atoms with Gasteiger partial charge in [-0.2, -0.15) is 0 Å². The van der Waals surface area contributed by atoms with Crippen molar-refractivity contribution in [3.05, 3.63) is 34.9 Å². The van der Waals surface area contributed by atoms with E-state index in [2.05, 4.69) is 0 Å². The highest BCUT2D eigenvalue weighted by molar-refractivity contribution is 6.33. The molecule has 1 saturated heterocycles. The number of rotatable bonds is 2. The molecule has 2 aliphatic rings. The van der Waals surface area contributed by atoms with Gasteiger partial charge in [0.15, 0.2) is 0 Å². The van der Waals surface area contributed by atoms with E-state index >= 15 is 0 Å².